The van der Waals surface area contributed by atoms with Crippen LogP contribution in [-0.2, 0) is 9.53 Å². The van der Waals surface area contributed by atoms with E-state index in [-0.39, 0.29) is 11.9 Å². The van der Waals surface area contributed by atoms with Crippen LogP contribution in [0.3, 0.4) is 0 Å². The van der Waals surface area contributed by atoms with Gasteiger partial charge in [-0.15, -0.1) is 0 Å². The molecule has 0 aromatic rings. The first-order valence-corrected chi connectivity index (χ1v) is 7.77. The van der Waals surface area contributed by atoms with E-state index in [1.165, 1.54) is 5.20 Å². The third-order valence-electron chi connectivity index (χ3n) is 2.45. The highest BCUT2D eigenvalue weighted by molar-refractivity contribution is 6.83. The molecule has 1 aliphatic rings. The molecule has 1 atom stereocenters. The van der Waals surface area contributed by atoms with Gasteiger partial charge in [0.1, 0.15) is 11.7 Å². The fraction of sp³-hybridized carbons (Fsp3) is 0.667. The third kappa shape index (κ3) is 1.46. The Morgan fingerprint density at radius 2 is 1.92 bits per heavy atom. The summed E-state index contributed by atoms with van der Waals surface area (Å²) in [7, 11) is -1.26. The summed E-state index contributed by atoms with van der Waals surface area (Å²) in [6.45, 7) is 10.8. The van der Waals surface area contributed by atoms with Crippen molar-refractivity contribution >= 4 is 14.0 Å². The van der Waals surface area contributed by atoms with Crippen molar-refractivity contribution in [2.75, 3.05) is 0 Å². The van der Waals surface area contributed by atoms with Crippen molar-refractivity contribution < 1.29 is 9.53 Å². The summed E-state index contributed by atoms with van der Waals surface area (Å²) in [5.74, 6) is 0.860. The number of carbonyl (C=O) groups excluding carboxylic acids is 1. The first-order valence-electron chi connectivity index (χ1n) is 4.27. The summed E-state index contributed by atoms with van der Waals surface area (Å²) in [5.41, 5.74) is 0. The van der Waals surface area contributed by atoms with E-state index in [2.05, 4.69) is 26.6 Å². The summed E-state index contributed by atoms with van der Waals surface area (Å²) in [5, 5.41) is 1.31. The van der Waals surface area contributed by atoms with Gasteiger partial charge in [0.2, 0.25) is 0 Å². The van der Waals surface area contributed by atoms with E-state index in [1.807, 2.05) is 6.92 Å². The van der Waals surface area contributed by atoms with Crippen LogP contribution in [0.5, 0.6) is 0 Å². The van der Waals surface area contributed by atoms with Gasteiger partial charge >= 0.3 is 5.97 Å². The van der Waals surface area contributed by atoms with E-state index in [4.69, 9.17) is 4.74 Å². The minimum atomic E-state index is -1.26. The van der Waals surface area contributed by atoms with Crippen LogP contribution >= 0.6 is 0 Å². The zero-order valence-electron chi connectivity index (χ0n) is 8.39. The van der Waals surface area contributed by atoms with Gasteiger partial charge in [-0.1, -0.05) is 19.6 Å². The van der Waals surface area contributed by atoms with E-state index in [0.717, 1.165) is 5.76 Å². The van der Waals surface area contributed by atoms with E-state index in [0.29, 0.717) is 0 Å². The standard InChI is InChI=1S/C9H16O2Si/c1-6-8(11-9(6)10)7(2)12(3,4)5/h6H,1-5H3/b8-7-. The Kier molecular flexibility index (Phi) is 2.16. The van der Waals surface area contributed by atoms with E-state index in [1.54, 1.807) is 0 Å². The molecule has 0 aromatic heterocycles. The van der Waals surface area contributed by atoms with Crippen LogP contribution in [0.15, 0.2) is 11.0 Å². The minimum absolute atomic E-state index is 0.0109. The molecule has 68 valence electrons. The predicted octanol–water partition coefficient (Wildman–Crippen LogP) is 2.33. The van der Waals surface area contributed by atoms with Crippen molar-refractivity contribution in [2.24, 2.45) is 5.92 Å². The second kappa shape index (κ2) is 2.73. The number of hydrogen-bond donors (Lipinski definition) is 0. The summed E-state index contributed by atoms with van der Waals surface area (Å²) in [6.07, 6.45) is 0. The fourth-order valence-electron chi connectivity index (χ4n) is 1.11. The SMILES string of the molecule is C/C(=C1/OC(=O)C1C)[Si](C)(C)C. The number of hydrogen-bond acceptors (Lipinski definition) is 2. The normalized spacial score (nSPS) is 27.8. The fourth-order valence-corrected chi connectivity index (χ4v) is 2.11. The lowest BCUT2D eigenvalue weighted by Crippen LogP contribution is -2.36. The number of carbonyl (C=O) groups is 1. The molecule has 3 heteroatoms. The Hall–Kier alpha value is -0.573. The second-order valence-corrected chi connectivity index (χ2v) is 9.63. The zero-order chi connectivity index (χ0) is 9.52. The Balaban J connectivity index is 2.88. The lowest BCUT2D eigenvalue weighted by atomic mass is 10.1. The molecule has 1 aliphatic heterocycles. The molecule has 0 spiro atoms. The number of esters is 1. The largest absolute Gasteiger partial charge is 0.430 e. The van der Waals surface area contributed by atoms with Crippen molar-refractivity contribution in [3.05, 3.63) is 11.0 Å². The Morgan fingerprint density at radius 3 is 2.17 bits per heavy atom. The lowest BCUT2D eigenvalue weighted by molar-refractivity contribution is -0.156. The molecular formula is C9H16O2Si. The van der Waals surface area contributed by atoms with Gasteiger partial charge in [0, 0.05) is 0 Å². The zero-order valence-corrected chi connectivity index (χ0v) is 9.39. The molecule has 1 unspecified atom stereocenters. The van der Waals surface area contributed by atoms with Gasteiger partial charge in [0.05, 0.1) is 8.07 Å². The van der Waals surface area contributed by atoms with Crippen LogP contribution in [-0.4, -0.2) is 14.0 Å². The Morgan fingerprint density at radius 1 is 1.42 bits per heavy atom. The first-order chi connectivity index (χ1) is 5.34. The maximum Gasteiger partial charge on any atom is 0.321 e. The maximum absolute atomic E-state index is 10.8. The van der Waals surface area contributed by atoms with E-state index >= 15 is 0 Å². The highest BCUT2D eigenvalue weighted by Gasteiger charge is 2.37. The maximum atomic E-state index is 10.8. The summed E-state index contributed by atoms with van der Waals surface area (Å²) in [4.78, 5) is 10.8. The molecule has 0 N–H and O–H groups in total. The predicted molar refractivity (Wildman–Crippen MR) is 51.3 cm³/mol. The first kappa shape index (κ1) is 9.51. The molecule has 2 nitrogen and oxygen atoms in total. The molecule has 0 radical (unpaired) electrons. The highest BCUT2D eigenvalue weighted by Crippen LogP contribution is 2.32. The summed E-state index contributed by atoms with van der Waals surface area (Å²) >= 11 is 0. The average molecular weight is 184 g/mol. The van der Waals surface area contributed by atoms with Crippen molar-refractivity contribution in [1.82, 2.24) is 0 Å². The van der Waals surface area contributed by atoms with Gasteiger partial charge < -0.3 is 4.74 Å². The third-order valence-corrected chi connectivity index (χ3v) is 4.95. The molecule has 1 rings (SSSR count). The molecule has 12 heavy (non-hydrogen) atoms. The van der Waals surface area contributed by atoms with Crippen LogP contribution < -0.4 is 0 Å². The quantitative estimate of drug-likeness (QED) is 0.462. The molecule has 0 bridgehead atoms. The smallest absolute Gasteiger partial charge is 0.321 e. The van der Waals surface area contributed by atoms with Gasteiger partial charge in [-0.05, 0) is 19.0 Å². The van der Waals surface area contributed by atoms with Crippen LogP contribution in [0.2, 0.25) is 19.6 Å². The second-order valence-electron chi connectivity index (χ2n) is 4.38. The summed E-state index contributed by atoms with van der Waals surface area (Å²) in [6, 6.07) is 0. The van der Waals surface area contributed by atoms with Crippen LogP contribution in [0.25, 0.3) is 0 Å². The number of rotatable bonds is 1. The molecule has 1 saturated heterocycles. The Bertz CT molecular complexity index is 248. The van der Waals surface area contributed by atoms with Crippen LogP contribution in [0.1, 0.15) is 13.8 Å². The minimum Gasteiger partial charge on any atom is -0.430 e. The van der Waals surface area contributed by atoms with Crippen molar-refractivity contribution in [2.45, 2.75) is 33.5 Å². The molecule has 1 heterocycles. The van der Waals surface area contributed by atoms with Crippen LogP contribution in [0.4, 0.5) is 0 Å². The molecular weight excluding hydrogens is 168 g/mol. The van der Waals surface area contributed by atoms with Crippen molar-refractivity contribution in [3.8, 4) is 0 Å². The molecule has 1 fully saturated rings. The average Bonchev–Trinajstić information content (AvgIpc) is 1.96. The molecule has 0 amide bonds. The van der Waals surface area contributed by atoms with Gasteiger partial charge in [0.25, 0.3) is 0 Å². The number of ether oxygens (including phenoxy) is 1. The van der Waals surface area contributed by atoms with Crippen molar-refractivity contribution in [1.29, 1.82) is 0 Å². The van der Waals surface area contributed by atoms with E-state index in [9.17, 15) is 4.79 Å². The number of allylic oxidation sites excluding steroid dienone is 1. The topological polar surface area (TPSA) is 26.3 Å². The Labute approximate surface area is 74.6 Å². The van der Waals surface area contributed by atoms with E-state index < -0.39 is 8.07 Å². The van der Waals surface area contributed by atoms with Gasteiger partial charge in [-0.2, -0.15) is 0 Å². The monoisotopic (exact) mass is 184 g/mol. The van der Waals surface area contributed by atoms with Gasteiger partial charge in [0.15, 0.2) is 0 Å². The highest BCUT2D eigenvalue weighted by atomic mass is 28.3. The van der Waals surface area contributed by atoms with Gasteiger partial charge in [-0.3, -0.25) is 4.79 Å². The number of cyclic esters (lactones) is 1. The summed E-state index contributed by atoms with van der Waals surface area (Å²) < 4.78 is 5.02. The molecule has 0 aliphatic carbocycles. The lowest BCUT2D eigenvalue weighted by Gasteiger charge is -2.30. The molecule has 0 saturated carbocycles. The molecule has 0 aromatic carbocycles. The van der Waals surface area contributed by atoms with Crippen molar-refractivity contribution in [3.63, 3.8) is 0 Å². The van der Waals surface area contributed by atoms with Crippen LogP contribution in [0, 0.1) is 5.92 Å². The van der Waals surface area contributed by atoms with Gasteiger partial charge in [-0.25, -0.2) is 0 Å².